The summed E-state index contributed by atoms with van der Waals surface area (Å²) < 4.78 is 8.32. The number of aromatic nitrogens is 2. The molecule has 0 unspecified atom stereocenters. The molecule has 2 aromatic carbocycles. The molecule has 0 spiro atoms. The fourth-order valence-electron chi connectivity index (χ4n) is 3.44. The Kier molecular flexibility index (Phi) is 5.81. The molecule has 4 rings (SSSR count). The van der Waals surface area contributed by atoms with Gasteiger partial charge >= 0.3 is 5.97 Å². The molecule has 0 saturated carbocycles. The average Bonchev–Trinajstić information content (AvgIpc) is 3.20. The third-order valence-corrected chi connectivity index (χ3v) is 5.44. The molecule has 0 aliphatic heterocycles. The third kappa shape index (κ3) is 3.94. The molecule has 0 aliphatic carbocycles. The fourth-order valence-corrected chi connectivity index (χ4v) is 3.70. The Morgan fingerprint density at radius 3 is 2.37 bits per heavy atom. The second kappa shape index (κ2) is 8.67. The Morgan fingerprint density at radius 2 is 1.70 bits per heavy atom. The Labute approximate surface area is 184 Å². The number of halogens is 1. The van der Waals surface area contributed by atoms with Crippen molar-refractivity contribution < 1.29 is 9.53 Å². The summed E-state index contributed by atoms with van der Waals surface area (Å²) in [5, 5.41) is 0. The quantitative estimate of drug-likeness (QED) is 0.321. The number of aryl methyl sites for hydroxylation is 1. The lowest BCUT2D eigenvalue weighted by Crippen LogP contribution is -2.06. The standard InChI is InChI=1S/C25H21BrN2O2/c1-3-30-25(29)19-10-13-21(27-16-19)24-15-14-23(18-8-11-20(26)12-9-18)28(24)22-7-5-4-6-17(22)2/h4-16H,3H2,1-2H3. The van der Waals surface area contributed by atoms with Crippen molar-refractivity contribution in [1.29, 1.82) is 0 Å². The maximum absolute atomic E-state index is 12.0. The molecule has 4 nitrogen and oxygen atoms in total. The summed E-state index contributed by atoms with van der Waals surface area (Å²) in [5.41, 5.74) is 6.62. The minimum absolute atomic E-state index is 0.341. The number of ether oxygens (including phenoxy) is 1. The number of carbonyl (C=O) groups is 1. The van der Waals surface area contributed by atoms with E-state index in [4.69, 9.17) is 4.74 Å². The van der Waals surface area contributed by atoms with Gasteiger partial charge in [0.15, 0.2) is 0 Å². The van der Waals surface area contributed by atoms with Crippen molar-refractivity contribution in [2.75, 3.05) is 6.61 Å². The molecule has 0 amide bonds. The van der Waals surface area contributed by atoms with E-state index >= 15 is 0 Å². The molecular weight excluding hydrogens is 440 g/mol. The van der Waals surface area contributed by atoms with Gasteiger partial charge in [-0.2, -0.15) is 0 Å². The lowest BCUT2D eigenvalue weighted by molar-refractivity contribution is 0.0526. The monoisotopic (exact) mass is 460 g/mol. The van der Waals surface area contributed by atoms with Gasteiger partial charge in [-0.15, -0.1) is 0 Å². The van der Waals surface area contributed by atoms with E-state index in [-0.39, 0.29) is 5.97 Å². The minimum atomic E-state index is -0.360. The smallest absolute Gasteiger partial charge is 0.339 e. The van der Waals surface area contributed by atoms with Crippen molar-refractivity contribution in [3.63, 3.8) is 0 Å². The van der Waals surface area contributed by atoms with Crippen molar-refractivity contribution in [1.82, 2.24) is 9.55 Å². The molecular formula is C25H21BrN2O2. The number of esters is 1. The van der Waals surface area contributed by atoms with E-state index in [2.05, 4.69) is 68.8 Å². The van der Waals surface area contributed by atoms with Crippen LogP contribution in [0.2, 0.25) is 0 Å². The lowest BCUT2D eigenvalue weighted by Gasteiger charge is -2.16. The van der Waals surface area contributed by atoms with Gasteiger partial charge in [0, 0.05) is 16.4 Å². The Hall–Kier alpha value is -3.18. The van der Waals surface area contributed by atoms with E-state index in [9.17, 15) is 4.79 Å². The fraction of sp³-hybridized carbons (Fsp3) is 0.120. The highest BCUT2D eigenvalue weighted by atomic mass is 79.9. The topological polar surface area (TPSA) is 44.1 Å². The number of nitrogens with zero attached hydrogens (tertiary/aromatic N) is 2. The maximum atomic E-state index is 12.0. The molecule has 150 valence electrons. The van der Waals surface area contributed by atoms with Gasteiger partial charge in [-0.25, -0.2) is 4.79 Å². The van der Waals surface area contributed by atoms with E-state index < -0.39 is 0 Å². The summed E-state index contributed by atoms with van der Waals surface area (Å²) >= 11 is 3.51. The third-order valence-electron chi connectivity index (χ3n) is 4.91. The summed E-state index contributed by atoms with van der Waals surface area (Å²) in [6.07, 6.45) is 1.57. The van der Waals surface area contributed by atoms with Gasteiger partial charge < -0.3 is 9.30 Å². The van der Waals surface area contributed by atoms with E-state index in [1.54, 1.807) is 19.2 Å². The Balaban J connectivity index is 1.85. The van der Waals surface area contributed by atoms with Crippen molar-refractivity contribution >= 4 is 21.9 Å². The summed E-state index contributed by atoms with van der Waals surface area (Å²) in [6.45, 7) is 4.23. The number of carbonyl (C=O) groups excluding carboxylic acids is 1. The largest absolute Gasteiger partial charge is 0.462 e. The molecule has 0 atom stereocenters. The molecule has 0 saturated heterocycles. The van der Waals surface area contributed by atoms with Crippen LogP contribution in [0.1, 0.15) is 22.8 Å². The van der Waals surface area contributed by atoms with Crippen molar-refractivity contribution in [2.24, 2.45) is 0 Å². The highest BCUT2D eigenvalue weighted by Crippen LogP contribution is 2.33. The zero-order valence-corrected chi connectivity index (χ0v) is 18.4. The summed E-state index contributed by atoms with van der Waals surface area (Å²) in [4.78, 5) is 16.5. The molecule has 2 heterocycles. The molecule has 0 aliphatic rings. The van der Waals surface area contributed by atoms with Crippen molar-refractivity contribution in [3.8, 4) is 28.3 Å². The van der Waals surface area contributed by atoms with Gasteiger partial charge in [-0.05, 0) is 67.4 Å². The first kappa shape index (κ1) is 20.1. The molecule has 5 heteroatoms. The van der Waals surface area contributed by atoms with Gasteiger partial charge in [0.25, 0.3) is 0 Å². The number of hydrogen-bond acceptors (Lipinski definition) is 3. The van der Waals surface area contributed by atoms with E-state index in [1.165, 1.54) is 0 Å². The number of para-hydroxylation sites is 1. The van der Waals surface area contributed by atoms with Crippen LogP contribution in [0, 0.1) is 6.92 Å². The lowest BCUT2D eigenvalue weighted by atomic mass is 10.1. The predicted octanol–water partition coefficient (Wildman–Crippen LogP) is 6.45. The van der Waals surface area contributed by atoms with Gasteiger partial charge in [0.05, 0.1) is 29.3 Å². The van der Waals surface area contributed by atoms with Crippen molar-refractivity contribution in [2.45, 2.75) is 13.8 Å². The van der Waals surface area contributed by atoms with Gasteiger partial charge in [-0.3, -0.25) is 4.98 Å². The van der Waals surface area contributed by atoms with Crippen molar-refractivity contribution in [3.05, 3.63) is 94.6 Å². The number of pyridine rings is 1. The van der Waals surface area contributed by atoms with Crippen LogP contribution in [0.4, 0.5) is 0 Å². The predicted molar refractivity (Wildman–Crippen MR) is 123 cm³/mol. The molecule has 0 fully saturated rings. The average molecular weight is 461 g/mol. The maximum Gasteiger partial charge on any atom is 0.339 e. The molecule has 2 aromatic heterocycles. The molecule has 0 N–H and O–H groups in total. The first-order valence-corrected chi connectivity index (χ1v) is 10.5. The van der Waals surface area contributed by atoms with Gasteiger partial charge in [0.1, 0.15) is 0 Å². The van der Waals surface area contributed by atoms with E-state index in [1.807, 2.05) is 30.3 Å². The molecule has 30 heavy (non-hydrogen) atoms. The van der Waals surface area contributed by atoms with Crippen LogP contribution >= 0.6 is 15.9 Å². The molecule has 0 radical (unpaired) electrons. The Morgan fingerprint density at radius 1 is 0.967 bits per heavy atom. The van der Waals surface area contributed by atoms with Crippen LogP contribution in [0.5, 0.6) is 0 Å². The first-order valence-electron chi connectivity index (χ1n) is 9.75. The van der Waals surface area contributed by atoms with Gasteiger partial charge in [0.2, 0.25) is 0 Å². The summed E-state index contributed by atoms with van der Waals surface area (Å²) in [6, 6.07) is 24.3. The SMILES string of the molecule is CCOC(=O)c1ccc(-c2ccc(-c3ccc(Br)cc3)n2-c2ccccc2C)nc1. The second-order valence-corrected chi connectivity index (χ2v) is 7.80. The second-order valence-electron chi connectivity index (χ2n) is 6.89. The van der Waals surface area contributed by atoms with Crippen LogP contribution in [0.3, 0.4) is 0 Å². The zero-order chi connectivity index (χ0) is 21.1. The summed E-state index contributed by atoms with van der Waals surface area (Å²) in [5.74, 6) is -0.360. The molecule has 0 bridgehead atoms. The normalized spacial score (nSPS) is 10.8. The van der Waals surface area contributed by atoms with Crippen LogP contribution in [-0.4, -0.2) is 22.1 Å². The molecule has 4 aromatic rings. The first-order chi connectivity index (χ1) is 14.6. The number of benzene rings is 2. The van der Waals surface area contributed by atoms with E-state index in [0.717, 1.165) is 38.4 Å². The van der Waals surface area contributed by atoms with Gasteiger partial charge in [-0.1, -0.05) is 46.3 Å². The highest BCUT2D eigenvalue weighted by molar-refractivity contribution is 9.10. The number of rotatable bonds is 5. The highest BCUT2D eigenvalue weighted by Gasteiger charge is 2.16. The Bertz CT molecular complexity index is 1180. The number of hydrogen-bond donors (Lipinski definition) is 0. The summed E-state index contributed by atoms with van der Waals surface area (Å²) in [7, 11) is 0. The van der Waals surface area contributed by atoms with Crippen LogP contribution in [0.15, 0.2) is 83.5 Å². The van der Waals surface area contributed by atoms with Crippen LogP contribution in [0.25, 0.3) is 28.3 Å². The zero-order valence-electron chi connectivity index (χ0n) is 16.8. The van der Waals surface area contributed by atoms with E-state index in [0.29, 0.717) is 12.2 Å². The van der Waals surface area contributed by atoms with Crippen LogP contribution < -0.4 is 0 Å². The minimum Gasteiger partial charge on any atom is -0.462 e. The van der Waals surface area contributed by atoms with Crippen LogP contribution in [-0.2, 0) is 4.74 Å².